The molecule has 1 aliphatic rings. The Kier molecular flexibility index (Phi) is 5.28. The molecule has 0 atom stereocenters. The minimum atomic E-state index is 0.162. The predicted octanol–water partition coefficient (Wildman–Crippen LogP) is 1.80. The summed E-state index contributed by atoms with van der Waals surface area (Å²) < 4.78 is 0. The molecule has 1 fully saturated rings. The molecule has 3 heterocycles. The summed E-state index contributed by atoms with van der Waals surface area (Å²) in [5.74, 6) is 0. The Morgan fingerprint density at radius 2 is 0.963 bits per heavy atom. The van der Waals surface area contributed by atoms with E-state index in [9.17, 15) is 0 Å². The molecular weight excluding hydrogens is 342 g/mol. The van der Waals surface area contributed by atoms with Gasteiger partial charge in [-0.05, 0) is 19.3 Å². The topological polar surface area (TPSA) is 123 Å². The molecular formula is C18H21N9. The van der Waals surface area contributed by atoms with E-state index in [1.165, 1.54) is 0 Å². The zero-order valence-corrected chi connectivity index (χ0v) is 14.7. The third-order valence-corrected chi connectivity index (χ3v) is 4.46. The molecule has 0 bridgehead atoms. The lowest BCUT2D eigenvalue weighted by Gasteiger charge is -2.28. The van der Waals surface area contributed by atoms with Gasteiger partial charge in [0, 0.05) is 18.6 Å². The largest absolute Gasteiger partial charge is 0.344 e. The average Bonchev–Trinajstić information content (AvgIpc) is 3.46. The molecule has 0 unspecified atom stereocenters. The maximum absolute atomic E-state index is 4.73. The molecule has 0 saturated heterocycles. The Hall–Kier alpha value is -3.36. The van der Waals surface area contributed by atoms with Crippen LogP contribution in [0.5, 0.6) is 0 Å². The summed E-state index contributed by atoms with van der Waals surface area (Å²) in [7, 11) is 0. The van der Waals surface area contributed by atoms with Gasteiger partial charge >= 0.3 is 0 Å². The van der Waals surface area contributed by atoms with Gasteiger partial charge in [0.25, 0.3) is 0 Å². The molecule has 9 nitrogen and oxygen atoms in total. The Bertz CT molecular complexity index is 750. The van der Waals surface area contributed by atoms with Gasteiger partial charge in [0.1, 0.15) is 0 Å². The van der Waals surface area contributed by atoms with Crippen LogP contribution >= 0.6 is 0 Å². The van der Waals surface area contributed by atoms with Crippen LogP contribution < -0.4 is 0 Å². The number of hydrogen-bond donors (Lipinski definition) is 3. The van der Waals surface area contributed by atoms with E-state index in [4.69, 9.17) is 15.0 Å². The van der Waals surface area contributed by atoms with Crippen LogP contribution in [-0.4, -0.2) is 66.7 Å². The molecule has 1 aliphatic carbocycles. The minimum absolute atomic E-state index is 0.162. The molecule has 0 radical (unpaired) electrons. The van der Waals surface area contributed by atoms with Gasteiger partial charge in [-0.2, -0.15) is 0 Å². The fourth-order valence-corrected chi connectivity index (χ4v) is 3.16. The van der Waals surface area contributed by atoms with E-state index in [0.29, 0.717) is 0 Å². The lowest BCUT2D eigenvalue weighted by Crippen LogP contribution is -2.30. The second-order valence-electron chi connectivity index (χ2n) is 6.52. The van der Waals surface area contributed by atoms with E-state index in [0.717, 1.165) is 36.3 Å². The molecule has 0 spiro atoms. The molecule has 3 aromatic heterocycles. The van der Waals surface area contributed by atoms with Crippen LogP contribution in [0.4, 0.5) is 0 Å². The number of H-pyrrole nitrogens is 3. The van der Waals surface area contributed by atoms with E-state index in [1.807, 2.05) is 18.6 Å². The van der Waals surface area contributed by atoms with Crippen LogP contribution in [0.15, 0.2) is 52.5 Å². The summed E-state index contributed by atoms with van der Waals surface area (Å²) in [5, 5.41) is 0. The van der Waals surface area contributed by atoms with Crippen molar-refractivity contribution >= 4 is 18.6 Å². The van der Waals surface area contributed by atoms with Crippen LogP contribution in [-0.2, 0) is 0 Å². The number of aromatic amines is 3. The van der Waals surface area contributed by atoms with Crippen molar-refractivity contribution in [3.63, 3.8) is 0 Å². The number of rotatable bonds is 6. The van der Waals surface area contributed by atoms with Crippen LogP contribution in [0, 0.1) is 0 Å². The zero-order valence-electron chi connectivity index (χ0n) is 14.7. The molecule has 1 saturated carbocycles. The van der Waals surface area contributed by atoms with E-state index >= 15 is 0 Å². The van der Waals surface area contributed by atoms with Crippen LogP contribution in [0.1, 0.15) is 36.3 Å². The normalized spacial score (nSPS) is 23.8. The van der Waals surface area contributed by atoms with E-state index < -0.39 is 0 Å². The standard InChI is InChI=1S/C18H21N9/c1-13(22-7-16-4-19-10-25-16)2-15(24-9-18-6-21-12-27-18)3-14(1)23-8-17-5-20-11-26-17/h4-15H,1-3H2,(H,19,25)(H,20,26)(H,21,27). The molecule has 3 N–H and O–H groups in total. The van der Waals surface area contributed by atoms with Crippen molar-refractivity contribution in [3.05, 3.63) is 54.7 Å². The summed E-state index contributed by atoms with van der Waals surface area (Å²) in [4.78, 5) is 35.4. The number of hydrogen-bond acceptors (Lipinski definition) is 6. The molecule has 0 aromatic carbocycles. The van der Waals surface area contributed by atoms with Crippen molar-refractivity contribution in [2.45, 2.75) is 37.4 Å². The van der Waals surface area contributed by atoms with Gasteiger partial charge in [0.2, 0.25) is 0 Å². The first-order valence-corrected chi connectivity index (χ1v) is 8.90. The van der Waals surface area contributed by atoms with Gasteiger partial charge in [0.05, 0.1) is 72.8 Å². The molecule has 9 heteroatoms. The third kappa shape index (κ3) is 4.84. The first-order valence-electron chi connectivity index (χ1n) is 8.90. The van der Waals surface area contributed by atoms with E-state index in [-0.39, 0.29) is 18.1 Å². The van der Waals surface area contributed by atoms with Crippen LogP contribution in [0.2, 0.25) is 0 Å². The summed E-state index contributed by atoms with van der Waals surface area (Å²) >= 11 is 0. The van der Waals surface area contributed by atoms with Gasteiger partial charge in [-0.15, -0.1) is 0 Å². The first kappa shape index (κ1) is 17.1. The van der Waals surface area contributed by atoms with Crippen molar-refractivity contribution in [3.8, 4) is 0 Å². The molecule has 138 valence electrons. The van der Waals surface area contributed by atoms with Crippen LogP contribution in [0.25, 0.3) is 0 Å². The minimum Gasteiger partial charge on any atom is -0.344 e. The van der Waals surface area contributed by atoms with Gasteiger partial charge < -0.3 is 15.0 Å². The number of nitrogens with zero attached hydrogens (tertiary/aromatic N) is 6. The van der Waals surface area contributed by atoms with Gasteiger partial charge in [-0.25, -0.2) is 15.0 Å². The maximum atomic E-state index is 4.73. The van der Waals surface area contributed by atoms with Crippen molar-refractivity contribution < 1.29 is 0 Å². The summed E-state index contributed by atoms with van der Waals surface area (Å²) in [6.07, 6.45) is 18.4. The third-order valence-electron chi connectivity index (χ3n) is 4.46. The van der Waals surface area contributed by atoms with Crippen LogP contribution in [0.3, 0.4) is 0 Å². The Balaban J connectivity index is 1.46. The second kappa shape index (κ2) is 8.35. The van der Waals surface area contributed by atoms with Gasteiger partial charge in [-0.3, -0.25) is 15.0 Å². The Labute approximate surface area is 156 Å². The number of imidazole rings is 3. The molecule has 0 aliphatic heterocycles. The molecule has 4 rings (SSSR count). The van der Waals surface area contributed by atoms with E-state index in [2.05, 4.69) is 29.9 Å². The molecule has 3 aromatic rings. The van der Waals surface area contributed by atoms with Crippen molar-refractivity contribution in [1.29, 1.82) is 0 Å². The molecule has 0 amide bonds. The Morgan fingerprint density at radius 3 is 1.22 bits per heavy atom. The summed E-state index contributed by atoms with van der Waals surface area (Å²) in [5.41, 5.74) is 2.70. The highest BCUT2D eigenvalue weighted by Gasteiger charge is 2.27. The predicted molar refractivity (Wildman–Crippen MR) is 104 cm³/mol. The summed E-state index contributed by atoms with van der Waals surface area (Å²) in [6.45, 7) is 0. The monoisotopic (exact) mass is 363 g/mol. The summed E-state index contributed by atoms with van der Waals surface area (Å²) in [6, 6.07) is 0.486. The average molecular weight is 363 g/mol. The van der Waals surface area contributed by atoms with Crippen molar-refractivity contribution in [2.24, 2.45) is 15.0 Å². The fourth-order valence-electron chi connectivity index (χ4n) is 3.16. The first-order chi connectivity index (χ1) is 13.3. The van der Waals surface area contributed by atoms with Gasteiger partial charge in [0.15, 0.2) is 0 Å². The zero-order chi connectivity index (χ0) is 18.3. The van der Waals surface area contributed by atoms with Crippen molar-refractivity contribution in [1.82, 2.24) is 29.9 Å². The van der Waals surface area contributed by atoms with Gasteiger partial charge in [-0.1, -0.05) is 0 Å². The second-order valence-corrected chi connectivity index (χ2v) is 6.52. The van der Waals surface area contributed by atoms with E-state index in [1.54, 1.807) is 37.6 Å². The fraction of sp³-hybridized carbons (Fsp3) is 0.333. The maximum Gasteiger partial charge on any atom is 0.0924 e. The Morgan fingerprint density at radius 1 is 0.630 bits per heavy atom. The smallest absolute Gasteiger partial charge is 0.0924 e. The lowest BCUT2D eigenvalue weighted by molar-refractivity contribution is 0.358. The SMILES string of the molecule is C(=NC1CC(N=Cc2cnc[nH]2)CC(N=Cc2cnc[nH]2)C1)c1cnc[nH]1. The number of aliphatic imine (C=N–C) groups is 3. The quantitative estimate of drug-likeness (QED) is 0.579. The highest BCUT2D eigenvalue weighted by Crippen LogP contribution is 2.26. The lowest BCUT2D eigenvalue weighted by atomic mass is 9.88. The highest BCUT2D eigenvalue weighted by atomic mass is 14.9. The van der Waals surface area contributed by atoms with Crippen molar-refractivity contribution in [2.75, 3.05) is 0 Å². The highest BCUT2D eigenvalue weighted by molar-refractivity contribution is 5.77. The number of aromatic nitrogens is 6. The number of nitrogens with one attached hydrogen (secondary N) is 3. The molecule has 27 heavy (non-hydrogen) atoms.